The summed E-state index contributed by atoms with van der Waals surface area (Å²) in [6.45, 7) is 4.42. The van der Waals surface area contributed by atoms with Gasteiger partial charge in [0.1, 0.15) is 18.2 Å². The molecule has 12 heteroatoms. The summed E-state index contributed by atoms with van der Waals surface area (Å²) in [5, 5.41) is 11.7. The number of benzene rings is 2. The third-order valence-electron chi connectivity index (χ3n) is 4.43. The van der Waals surface area contributed by atoms with Gasteiger partial charge in [-0.05, 0) is 43.2 Å². The molecule has 1 heterocycles. The Morgan fingerprint density at radius 1 is 1.29 bits per heavy atom. The number of hydrogen-bond acceptors (Lipinski definition) is 9. The van der Waals surface area contributed by atoms with Crippen LogP contribution in [0.25, 0.3) is 6.08 Å². The highest BCUT2D eigenvalue weighted by molar-refractivity contribution is 7.90. The fourth-order valence-corrected chi connectivity index (χ4v) is 4.64. The van der Waals surface area contributed by atoms with Crippen LogP contribution in [0.5, 0.6) is 11.5 Å². The maximum Gasteiger partial charge on any atom is 0.268 e. The fraction of sp³-hybridized carbons (Fsp3) is 0.217. The van der Waals surface area contributed by atoms with Crippen molar-refractivity contribution in [3.05, 3.63) is 63.7 Å². The van der Waals surface area contributed by atoms with Gasteiger partial charge in [0.15, 0.2) is 11.5 Å². The van der Waals surface area contributed by atoms with Crippen molar-refractivity contribution in [1.82, 2.24) is 9.36 Å². The van der Waals surface area contributed by atoms with E-state index in [1.165, 1.54) is 6.08 Å². The largest absolute Gasteiger partial charge is 0.490 e. The molecule has 0 spiro atoms. The molecule has 35 heavy (non-hydrogen) atoms. The summed E-state index contributed by atoms with van der Waals surface area (Å²) >= 11 is 7.15. The fourth-order valence-electron chi connectivity index (χ4n) is 2.92. The average molecular weight is 533 g/mol. The second-order valence-electron chi connectivity index (χ2n) is 7.32. The van der Waals surface area contributed by atoms with Crippen molar-refractivity contribution >= 4 is 50.1 Å². The van der Waals surface area contributed by atoms with Crippen LogP contribution in [0.2, 0.25) is 5.02 Å². The molecule has 0 unspecified atom stereocenters. The predicted octanol–water partition coefficient (Wildman–Crippen LogP) is 4.43. The van der Waals surface area contributed by atoms with Gasteiger partial charge in [-0.2, -0.15) is 14.6 Å². The first kappa shape index (κ1) is 26.2. The van der Waals surface area contributed by atoms with Crippen molar-refractivity contribution in [3.63, 3.8) is 0 Å². The molecular weight excluding hydrogens is 512 g/mol. The van der Waals surface area contributed by atoms with E-state index < -0.39 is 20.9 Å². The lowest BCUT2D eigenvalue weighted by molar-refractivity contribution is -0.112. The summed E-state index contributed by atoms with van der Waals surface area (Å²) < 4.78 is 38.3. The Morgan fingerprint density at radius 3 is 2.69 bits per heavy atom. The molecule has 1 N–H and O–H groups in total. The van der Waals surface area contributed by atoms with E-state index in [2.05, 4.69) is 14.7 Å². The molecule has 0 saturated carbocycles. The standard InChI is InChI=1S/C23H21ClN4O5S2/c1-4-32-19-11-16(10-18(24)20(19)33-13-15-7-5-6-14(2)8-15)9-17(12-25)21(29)26-22-27-23(28-34-22)35(3,30)31/h5-11H,4,13H2,1-3H3,(H,26,27,28,29). The highest BCUT2D eigenvalue weighted by Gasteiger charge is 2.18. The van der Waals surface area contributed by atoms with Crippen LogP contribution in [0, 0.1) is 18.3 Å². The van der Waals surface area contributed by atoms with Gasteiger partial charge in [-0.15, -0.1) is 0 Å². The number of aromatic nitrogens is 2. The zero-order chi connectivity index (χ0) is 25.6. The van der Waals surface area contributed by atoms with Gasteiger partial charge in [-0.25, -0.2) is 8.42 Å². The van der Waals surface area contributed by atoms with Crippen LogP contribution in [0.3, 0.4) is 0 Å². The van der Waals surface area contributed by atoms with Crippen molar-refractivity contribution in [2.45, 2.75) is 25.6 Å². The summed E-state index contributed by atoms with van der Waals surface area (Å²) in [5.41, 5.74) is 2.24. The second-order valence-corrected chi connectivity index (χ2v) is 10.4. The van der Waals surface area contributed by atoms with Crippen LogP contribution in [0.15, 0.2) is 47.1 Å². The number of sulfone groups is 1. The number of carbonyl (C=O) groups is 1. The lowest BCUT2D eigenvalue weighted by Crippen LogP contribution is -2.13. The first-order valence-electron chi connectivity index (χ1n) is 10.2. The van der Waals surface area contributed by atoms with E-state index in [4.69, 9.17) is 21.1 Å². The first-order chi connectivity index (χ1) is 16.6. The molecule has 0 bridgehead atoms. The van der Waals surface area contributed by atoms with E-state index in [0.29, 0.717) is 35.2 Å². The number of nitrogens with zero attached hydrogens (tertiary/aromatic N) is 3. The van der Waals surface area contributed by atoms with E-state index in [-0.39, 0.29) is 22.3 Å². The molecule has 3 rings (SSSR count). The van der Waals surface area contributed by atoms with E-state index in [9.17, 15) is 18.5 Å². The maximum atomic E-state index is 12.6. The molecular formula is C23H21ClN4O5S2. The average Bonchev–Trinajstić information content (AvgIpc) is 3.26. The van der Waals surface area contributed by atoms with Crippen LogP contribution in [-0.2, 0) is 21.2 Å². The van der Waals surface area contributed by atoms with Gasteiger partial charge < -0.3 is 9.47 Å². The van der Waals surface area contributed by atoms with Gasteiger partial charge in [-0.3, -0.25) is 10.1 Å². The van der Waals surface area contributed by atoms with Gasteiger partial charge in [0.2, 0.25) is 15.0 Å². The van der Waals surface area contributed by atoms with Crippen molar-refractivity contribution in [2.24, 2.45) is 0 Å². The van der Waals surface area contributed by atoms with Crippen LogP contribution in [-0.4, -0.2) is 36.5 Å². The van der Waals surface area contributed by atoms with Crippen LogP contribution in [0.4, 0.5) is 5.13 Å². The Bertz CT molecular complexity index is 1430. The van der Waals surface area contributed by atoms with Gasteiger partial charge in [0, 0.05) is 17.8 Å². The third kappa shape index (κ3) is 7.02. The molecule has 9 nitrogen and oxygen atoms in total. The number of amides is 1. The van der Waals surface area contributed by atoms with Crippen molar-refractivity contribution < 1.29 is 22.7 Å². The third-order valence-corrected chi connectivity index (χ3v) is 6.31. The number of ether oxygens (including phenoxy) is 2. The Balaban J connectivity index is 1.84. The van der Waals surface area contributed by atoms with E-state index >= 15 is 0 Å². The van der Waals surface area contributed by atoms with Gasteiger partial charge in [0.05, 0.1) is 11.6 Å². The molecule has 182 valence electrons. The summed E-state index contributed by atoms with van der Waals surface area (Å²) in [7, 11) is -3.62. The molecule has 1 amide bonds. The highest BCUT2D eigenvalue weighted by atomic mass is 35.5. The Hall–Kier alpha value is -3.46. The maximum absolute atomic E-state index is 12.6. The molecule has 0 atom stereocenters. The minimum Gasteiger partial charge on any atom is -0.490 e. The van der Waals surface area contributed by atoms with Gasteiger partial charge >= 0.3 is 0 Å². The summed E-state index contributed by atoms with van der Waals surface area (Å²) in [6, 6.07) is 12.8. The topological polar surface area (TPSA) is 131 Å². The molecule has 0 saturated heterocycles. The molecule has 0 aliphatic rings. The minimum absolute atomic E-state index is 0.0514. The molecule has 0 aliphatic carbocycles. The lowest BCUT2D eigenvalue weighted by atomic mass is 10.1. The molecule has 1 aromatic heterocycles. The SMILES string of the molecule is CCOc1cc(C=C(C#N)C(=O)Nc2nc(S(C)(=O)=O)ns2)cc(Cl)c1OCc1cccc(C)c1. The number of carbonyl (C=O) groups excluding carboxylic acids is 1. The normalized spacial score (nSPS) is 11.6. The zero-order valence-corrected chi connectivity index (χ0v) is 21.4. The van der Waals surface area contributed by atoms with Crippen molar-refractivity contribution in [1.29, 1.82) is 5.26 Å². The number of hydrogen-bond donors (Lipinski definition) is 1. The predicted molar refractivity (Wildman–Crippen MR) is 133 cm³/mol. The number of aryl methyl sites for hydroxylation is 1. The van der Waals surface area contributed by atoms with Crippen LogP contribution >= 0.6 is 23.1 Å². The number of nitriles is 1. The summed E-state index contributed by atoms with van der Waals surface area (Å²) in [4.78, 5) is 16.3. The molecule has 3 aromatic rings. The van der Waals surface area contributed by atoms with E-state index in [1.807, 2.05) is 44.2 Å². The Kier molecular flexibility index (Phi) is 8.45. The number of nitrogens with one attached hydrogen (secondary N) is 1. The zero-order valence-electron chi connectivity index (χ0n) is 19.0. The molecule has 0 fully saturated rings. The Labute approximate surface area is 212 Å². The molecule has 2 aromatic carbocycles. The number of halogens is 1. The number of rotatable bonds is 9. The molecule has 0 radical (unpaired) electrons. The molecule has 0 aliphatic heterocycles. The first-order valence-corrected chi connectivity index (χ1v) is 13.3. The lowest BCUT2D eigenvalue weighted by Gasteiger charge is -2.15. The van der Waals surface area contributed by atoms with E-state index in [0.717, 1.165) is 17.4 Å². The monoisotopic (exact) mass is 532 g/mol. The van der Waals surface area contributed by atoms with Gasteiger partial charge in [0.25, 0.3) is 11.1 Å². The quantitative estimate of drug-likeness (QED) is 0.316. The Morgan fingerprint density at radius 2 is 2.06 bits per heavy atom. The second kappa shape index (κ2) is 11.3. The summed E-state index contributed by atoms with van der Waals surface area (Å²) in [5.74, 6) is -0.0756. The smallest absolute Gasteiger partial charge is 0.268 e. The van der Waals surface area contributed by atoms with Gasteiger partial charge in [-0.1, -0.05) is 41.4 Å². The van der Waals surface area contributed by atoms with Crippen LogP contribution in [0.1, 0.15) is 23.6 Å². The highest BCUT2D eigenvalue weighted by Crippen LogP contribution is 2.38. The van der Waals surface area contributed by atoms with Crippen molar-refractivity contribution in [3.8, 4) is 17.6 Å². The number of anilines is 1. The minimum atomic E-state index is -3.62. The van der Waals surface area contributed by atoms with Crippen molar-refractivity contribution in [2.75, 3.05) is 18.2 Å². The summed E-state index contributed by atoms with van der Waals surface area (Å²) in [6.07, 6.45) is 2.28. The van der Waals surface area contributed by atoms with Crippen LogP contribution < -0.4 is 14.8 Å². The van der Waals surface area contributed by atoms with E-state index in [1.54, 1.807) is 12.1 Å².